The highest BCUT2D eigenvalue weighted by molar-refractivity contribution is 5.63. The summed E-state index contributed by atoms with van der Waals surface area (Å²) < 4.78 is 0. The second-order valence-corrected chi connectivity index (χ2v) is 4.65. The number of aryl methyl sites for hydroxylation is 1. The molecule has 100 valence electrons. The summed E-state index contributed by atoms with van der Waals surface area (Å²) in [5.74, 6) is 0.871. The standard InChI is InChI=1S/C16H20N2O/c1-4-18(15-8-6-5-7-12(15)2)16-11-14(13(3)19)9-10-17-16/h5-11,13,19H,4H2,1-3H3/t13-/m0/s1. The van der Waals surface area contributed by atoms with E-state index in [1.807, 2.05) is 24.3 Å². The fraction of sp³-hybridized carbons (Fsp3) is 0.312. The molecule has 0 radical (unpaired) electrons. The number of anilines is 2. The molecule has 19 heavy (non-hydrogen) atoms. The summed E-state index contributed by atoms with van der Waals surface area (Å²) in [4.78, 5) is 6.58. The first-order valence-electron chi connectivity index (χ1n) is 6.60. The van der Waals surface area contributed by atoms with E-state index in [1.165, 1.54) is 5.56 Å². The van der Waals surface area contributed by atoms with Gasteiger partial charge in [0.15, 0.2) is 0 Å². The van der Waals surface area contributed by atoms with Crippen molar-refractivity contribution in [3.63, 3.8) is 0 Å². The van der Waals surface area contributed by atoms with Crippen LogP contribution < -0.4 is 4.90 Å². The molecule has 0 spiro atoms. The number of aromatic nitrogens is 1. The third-order valence-corrected chi connectivity index (χ3v) is 3.25. The SMILES string of the molecule is CCN(c1cc([C@H](C)O)ccn1)c1ccccc1C. The molecular formula is C16H20N2O. The number of para-hydroxylation sites is 1. The lowest BCUT2D eigenvalue weighted by Gasteiger charge is -2.24. The van der Waals surface area contributed by atoms with Crippen molar-refractivity contribution in [2.45, 2.75) is 26.9 Å². The molecule has 0 aliphatic carbocycles. The van der Waals surface area contributed by atoms with Crippen molar-refractivity contribution in [1.82, 2.24) is 4.98 Å². The predicted molar refractivity (Wildman–Crippen MR) is 78.7 cm³/mol. The minimum Gasteiger partial charge on any atom is -0.389 e. The predicted octanol–water partition coefficient (Wildman–Crippen LogP) is 3.60. The molecule has 2 aromatic rings. The molecule has 1 N–H and O–H groups in total. The van der Waals surface area contributed by atoms with Crippen LogP contribution in [0.5, 0.6) is 0 Å². The molecule has 0 amide bonds. The van der Waals surface area contributed by atoms with E-state index in [0.29, 0.717) is 0 Å². The van der Waals surface area contributed by atoms with Crippen LogP contribution in [0.2, 0.25) is 0 Å². The van der Waals surface area contributed by atoms with Crippen LogP contribution in [-0.2, 0) is 0 Å². The molecule has 1 aromatic heterocycles. The Labute approximate surface area is 114 Å². The van der Waals surface area contributed by atoms with Crippen molar-refractivity contribution in [3.8, 4) is 0 Å². The third-order valence-electron chi connectivity index (χ3n) is 3.25. The van der Waals surface area contributed by atoms with Crippen LogP contribution >= 0.6 is 0 Å². The highest BCUT2D eigenvalue weighted by atomic mass is 16.3. The van der Waals surface area contributed by atoms with Crippen LogP contribution in [0.3, 0.4) is 0 Å². The fourth-order valence-corrected chi connectivity index (χ4v) is 2.16. The Morgan fingerprint density at radius 2 is 2.00 bits per heavy atom. The fourth-order valence-electron chi connectivity index (χ4n) is 2.16. The summed E-state index contributed by atoms with van der Waals surface area (Å²) >= 11 is 0. The van der Waals surface area contributed by atoms with Gasteiger partial charge in [-0.25, -0.2) is 4.98 Å². The molecule has 0 bridgehead atoms. The van der Waals surface area contributed by atoms with E-state index in [4.69, 9.17) is 0 Å². The smallest absolute Gasteiger partial charge is 0.133 e. The lowest BCUT2D eigenvalue weighted by atomic mass is 10.1. The zero-order chi connectivity index (χ0) is 13.8. The summed E-state index contributed by atoms with van der Waals surface area (Å²) in [6, 6.07) is 12.0. The molecule has 0 aliphatic heterocycles. The zero-order valence-corrected chi connectivity index (χ0v) is 11.7. The highest BCUT2D eigenvalue weighted by Gasteiger charge is 2.12. The van der Waals surface area contributed by atoms with Crippen LogP contribution in [0.1, 0.15) is 31.1 Å². The van der Waals surface area contributed by atoms with Gasteiger partial charge in [-0.05, 0) is 50.1 Å². The molecule has 1 heterocycles. The maximum Gasteiger partial charge on any atom is 0.133 e. The van der Waals surface area contributed by atoms with Crippen molar-refractivity contribution in [3.05, 3.63) is 53.7 Å². The second kappa shape index (κ2) is 5.85. The topological polar surface area (TPSA) is 36.4 Å². The maximum absolute atomic E-state index is 9.68. The largest absolute Gasteiger partial charge is 0.389 e. The quantitative estimate of drug-likeness (QED) is 0.908. The van der Waals surface area contributed by atoms with Gasteiger partial charge in [0.05, 0.1) is 6.10 Å². The first kappa shape index (κ1) is 13.6. The van der Waals surface area contributed by atoms with Crippen molar-refractivity contribution in [2.24, 2.45) is 0 Å². The van der Waals surface area contributed by atoms with Crippen LogP contribution in [-0.4, -0.2) is 16.6 Å². The normalized spacial score (nSPS) is 12.2. The van der Waals surface area contributed by atoms with Gasteiger partial charge in [-0.3, -0.25) is 0 Å². The molecule has 0 unspecified atom stereocenters. The number of aliphatic hydroxyl groups is 1. The summed E-state index contributed by atoms with van der Waals surface area (Å²) in [5.41, 5.74) is 3.26. The molecule has 2 rings (SSSR count). The average molecular weight is 256 g/mol. The van der Waals surface area contributed by atoms with E-state index >= 15 is 0 Å². The van der Waals surface area contributed by atoms with Gasteiger partial charge in [-0.15, -0.1) is 0 Å². The van der Waals surface area contributed by atoms with Crippen LogP contribution in [0.25, 0.3) is 0 Å². The van der Waals surface area contributed by atoms with E-state index in [-0.39, 0.29) is 0 Å². The Balaban J connectivity index is 2.43. The Kier molecular flexibility index (Phi) is 4.17. The second-order valence-electron chi connectivity index (χ2n) is 4.65. The first-order chi connectivity index (χ1) is 9.13. The van der Waals surface area contributed by atoms with E-state index in [0.717, 1.165) is 23.6 Å². The number of pyridine rings is 1. The number of aliphatic hydroxyl groups excluding tert-OH is 1. The molecule has 3 nitrogen and oxygen atoms in total. The summed E-state index contributed by atoms with van der Waals surface area (Å²) in [6.07, 6.45) is 1.27. The van der Waals surface area contributed by atoms with Gasteiger partial charge < -0.3 is 10.0 Å². The minimum atomic E-state index is -0.475. The first-order valence-corrected chi connectivity index (χ1v) is 6.60. The van der Waals surface area contributed by atoms with Crippen molar-refractivity contribution in [1.29, 1.82) is 0 Å². The molecule has 0 aliphatic rings. The van der Waals surface area contributed by atoms with Crippen LogP contribution in [0.4, 0.5) is 11.5 Å². The number of rotatable bonds is 4. The Morgan fingerprint density at radius 1 is 1.26 bits per heavy atom. The van der Waals surface area contributed by atoms with Gasteiger partial charge in [0.1, 0.15) is 5.82 Å². The number of hydrogen-bond acceptors (Lipinski definition) is 3. The average Bonchev–Trinajstić information content (AvgIpc) is 2.42. The summed E-state index contributed by atoms with van der Waals surface area (Å²) in [7, 11) is 0. The lowest BCUT2D eigenvalue weighted by molar-refractivity contribution is 0.199. The lowest BCUT2D eigenvalue weighted by Crippen LogP contribution is -2.18. The molecule has 1 atom stereocenters. The van der Waals surface area contributed by atoms with Gasteiger partial charge in [-0.1, -0.05) is 18.2 Å². The highest BCUT2D eigenvalue weighted by Crippen LogP contribution is 2.27. The summed E-state index contributed by atoms with van der Waals surface area (Å²) in [5, 5.41) is 9.68. The van der Waals surface area contributed by atoms with Crippen molar-refractivity contribution < 1.29 is 5.11 Å². The molecule has 3 heteroatoms. The van der Waals surface area contributed by atoms with Crippen LogP contribution in [0.15, 0.2) is 42.6 Å². The van der Waals surface area contributed by atoms with Gasteiger partial charge in [0, 0.05) is 18.4 Å². The third kappa shape index (κ3) is 2.93. The molecule has 1 aromatic carbocycles. The van der Waals surface area contributed by atoms with Gasteiger partial charge in [0.25, 0.3) is 0 Å². The van der Waals surface area contributed by atoms with E-state index in [1.54, 1.807) is 13.1 Å². The Morgan fingerprint density at radius 3 is 2.63 bits per heavy atom. The van der Waals surface area contributed by atoms with Crippen LogP contribution in [0, 0.1) is 6.92 Å². The van der Waals surface area contributed by atoms with E-state index < -0.39 is 6.10 Å². The monoisotopic (exact) mass is 256 g/mol. The zero-order valence-electron chi connectivity index (χ0n) is 11.7. The van der Waals surface area contributed by atoms with Gasteiger partial charge in [-0.2, -0.15) is 0 Å². The van der Waals surface area contributed by atoms with E-state index in [9.17, 15) is 5.11 Å². The number of nitrogens with zero attached hydrogens (tertiary/aromatic N) is 2. The Hall–Kier alpha value is -1.87. The number of hydrogen-bond donors (Lipinski definition) is 1. The molecular weight excluding hydrogens is 236 g/mol. The molecule has 0 saturated carbocycles. The summed E-state index contributed by atoms with van der Waals surface area (Å²) in [6.45, 7) is 6.80. The molecule has 0 fully saturated rings. The maximum atomic E-state index is 9.68. The van der Waals surface area contributed by atoms with Crippen molar-refractivity contribution >= 4 is 11.5 Å². The Bertz CT molecular complexity index is 552. The van der Waals surface area contributed by atoms with Gasteiger partial charge in [0.2, 0.25) is 0 Å². The molecule has 0 saturated heterocycles. The minimum absolute atomic E-state index is 0.475. The van der Waals surface area contributed by atoms with Gasteiger partial charge >= 0.3 is 0 Å². The van der Waals surface area contributed by atoms with E-state index in [2.05, 4.69) is 35.9 Å². The van der Waals surface area contributed by atoms with Crippen molar-refractivity contribution in [2.75, 3.05) is 11.4 Å². The number of benzene rings is 1.